The highest BCUT2D eigenvalue weighted by atomic mass is 35.5. The minimum Gasteiger partial charge on any atom is -0.493 e. The Hall–Kier alpha value is -3.19. The minimum atomic E-state index is -0.913. The summed E-state index contributed by atoms with van der Waals surface area (Å²) in [7, 11) is 1.47. The zero-order chi connectivity index (χ0) is 20.3. The third-order valence-corrected chi connectivity index (χ3v) is 5.63. The Labute approximate surface area is 169 Å². The van der Waals surface area contributed by atoms with Gasteiger partial charge in [-0.15, -0.1) is 0 Å². The number of carboxylic acids is 1. The summed E-state index contributed by atoms with van der Waals surface area (Å²) in [5.41, 5.74) is 0.630. The maximum atomic E-state index is 12.5. The van der Waals surface area contributed by atoms with E-state index < -0.39 is 18.0 Å². The number of hydrogen-bond donors (Lipinski definition) is 1. The summed E-state index contributed by atoms with van der Waals surface area (Å²) >= 11 is 6.19. The lowest BCUT2D eigenvalue weighted by Crippen LogP contribution is -2.58. The number of rotatable bonds is 3. The molecule has 1 aromatic heterocycles. The van der Waals surface area contributed by atoms with Gasteiger partial charge in [0.15, 0.2) is 22.5 Å². The average molecular weight is 415 g/mol. The molecule has 3 aromatic rings. The number of carboxylic acid groups (broad SMARTS) is 1. The second-order valence-electron chi connectivity index (χ2n) is 7.02. The van der Waals surface area contributed by atoms with E-state index in [1.165, 1.54) is 13.2 Å². The van der Waals surface area contributed by atoms with Gasteiger partial charge in [0.25, 0.3) is 0 Å². The molecular weight excluding hydrogens is 400 g/mol. The van der Waals surface area contributed by atoms with Crippen LogP contribution in [0, 0.1) is 5.92 Å². The Kier molecular flexibility index (Phi) is 3.96. The van der Waals surface area contributed by atoms with Gasteiger partial charge in [0.2, 0.25) is 5.75 Å². The fourth-order valence-corrected chi connectivity index (χ4v) is 3.97. The molecule has 3 atom stereocenters. The average Bonchev–Trinajstić information content (AvgIpc) is 2.68. The Morgan fingerprint density at radius 1 is 1.24 bits per heavy atom. The first kappa shape index (κ1) is 17.9. The summed E-state index contributed by atoms with van der Waals surface area (Å²) in [6, 6.07) is 9.71. The van der Waals surface area contributed by atoms with Crippen LogP contribution in [0.25, 0.3) is 22.3 Å². The van der Waals surface area contributed by atoms with Crippen molar-refractivity contribution in [1.29, 1.82) is 0 Å². The monoisotopic (exact) mass is 414 g/mol. The van der Waals surface area contributed by atoms with Crippen LogP contribution in [0.2, 0.25) is 5.02 Å². The van der Waals surface area contributed by atoms with Gasteiger partial charge in [-0.05, 0) is 24.3 Å². The van der Waals surface area contributed by atoms with E-state index in [9.17, 15) is 14.7 Å². The lowest BCUT2D eigenvalue weighted by Gasteiger charge is -2.45. The van der Waals surface area contributed by atoms with Crippen molar-refractivity contribution in [2.45, 2.75) is 18.6 Å². The van der Waals surface area contributed by atoms with Crippen molar-refractivity contribution in [3.63, 3.8) is 0 Å². The van der Waals surface area contributed by atoms with Gasteiger partial charge in [-0.1, -0.05) is 17.7 Å². The standard InChI is InChI=1S/C21H15ClO7/c1-26-15-5-9(14-8-13(23)10-3-2-4-12(22)18(10)28-14)6-16-20(15)29-19-11(21(24)25)7-17(19)27-16/h2-6,8,11,17,19H,7H2,1H3,(H,24,25)/t11-,17+,19?/m1/s1. The van der Waals surface area contributed by atoms with E-state index in [0.717, 1.165) is 0 Å². The van der Waals surface area contributed by atoms with Crippen LogP contribution in [0.1, 0.15) is 6.42 Å². The van der Waals surface area contributed by atoms with E-state index in [-0.39, 0.29) is 11.5 Å². The fourth-order valence-electron chi connectivity index (χ4n) is 3.75. The van der Waals surface area contributed by atoms with E-state index in [1.807, 2.05) is 0 Å². The zero-order valence-corrected chi connectivity index (χ0v) is 15.9. The molecule has 1 aliphatic carbocycles. The molecule has 148 valence electrons. The second-order valence-corrected chi connectivity index (χ2v) is 7.42. The van der Waals surface area contributed by atoms with Crippen LogP contribution in [0.5, 0.6) is 17.2 Å². The first-order valence-corrected chi connectivity index (χ1v) is 9.35. The summed E-state index contributed by atoms with van der Waals surface area (Å²) in [5.74, 6) is -0.119. The number of benzene rings is 2. The molecule has 0 spiro atoms. The second kappa shape index (κ2) is 6.42. The topological polar surface area (TPSA) is 95.2 Å². The smallest absolute Gasteiger partial charge is 0.310 e. The molecule has 1 N–H and O–H groups in total. The van der Waals surface area contributed by atoms with Crippen LogP contribution >= 0.6 is 11.6 Å². The number of fused-ring (bicyclic) bond motifs is 3. The first-order chi connectivity index (χ1) is 14.0. The van der Waals surface area contributed by atoms with Gasteiger partial charge in [-0.2, -0.15) is 0 Å². The summed E-state index contributed by atoms with van der Waals surface area (Å²) in [4.78, 5) is 23.8. The summed E-state index contributed by atoms with van der Waals surface area (Å²) < 4.78 is 23.1. The van der Waals surface area contributed by atoms with Gasteiger partial charge in [0.1, 0.15) is 23.9 Å². The summed E-state index contributed by atoms with van der Waals surface area (Å²) in [6.45, 7) is 0. The van der Waals surface area contributed by atoms with E-state index in [4.69, 9.17) is 30.2 Å². The molecule has 0 radical (unpaired) electrons. The van der Waals surface area contributed by atoms with Gasteiger partial charge in [-0.3, -0.25) is 9.59 Å². The molecule has 8 heteroatoms. The molecule has 1 fully saturated rings. The molecule has 1 aliphatic heterocycles. The highest BCUT2D eigenvalue weighted by Gasteiger charge is 2.52. The van der Waals surface area contributed by atoms with Crippen molar-refractivity contribution in [1.82, 2.24) is 0 Å². The van der Waals surface area contributed by atoms with Gasteiger partial charge in [0.05, 0.1) is 17.5 Å². The van der Waals surface area contributed by atoms with E-state index in [1.54, 1.807) is 30.3 Å². The van der Waals surface area contributed by atoms with Crippen LogP contribution in [0.3, 0.4) is 0 Å². The third-order valence-electron chi connectivity index (χ3n) is 5.33. The Bertz CT molecular complexity index is 1220. The molecule has 0 bridgehead atoms. The van der Waals surface area contributed by atoms with Crippen molar-refractivity contribution >= 4 is 28.5 Å². The van der Waals surface area contributed by atoms with Crippen LogP contribution in [-0.4, -0.2) is 30.4 Å². The molecule has 0 amide bonds. The van der Waals surface area contributed by atoms with Crippen molar-refractivity contribution in [3.8, 4) is 28.6 Å². The molecule has 2 aromatic carbocycles. The fraction of sp³-hybridized carbons (Fsp3) is 0.238. The van der Waals surface area contributed by atoms with Crippen LogP contribution in [-0.2, 0) is 4.79 Å². The van der Waals surface area contributed by atoms with Crippen molar-refractivity contribution in [3.05, 3.63) is 51.6 Å². The molecule has 5 rings (SSSR count). The van der Waals surface area contributed by atoms with Crippen LogP contribution < -0.4 is 19.6 Å². The number of aliphatic carboxylic acids is 1. The number of halogens is 1. The van der Waals surface area contributed by atoms with Crippen LogP contribution in [0.15, 0.2) is 45.6 Å². The van der Waals surface area contributed by atoms with Crippen molar-refractivity contribution in [2.75, 3.05) is 7.11 Å². The summed E-state index contributed by atoms with van der Waals surface area (Å²) in [6.07, 6.45) is -0.536. The third kappa shape index (κ3) is 2.73. The minimum absolute atomic E-state index is 0.221. The maximum absolute atomic E-state index is 12.5. The molecule has 1 unspecified atom stereocenters. The Balaban J connectivity index is 1.61. The van der Waals surface area contributed by atoms with Gasteiger partial charge < -0.3 is 23.7 Å². The SMILES string of the molecule is COc1cc(-c2cc(=O)c3cccc(Cl)c3o2)cc2c1OC1[C@H](C[C@H]1C(=O)O)O2. The Morgan fingerprint density at radius 3 is 2.83 bits per heavy atom. The predicted molar refractivity (Wildman–Crippen MR) is 104 cm³/mol. The number of carbonyl (C=O) groups is 1. The highest BCUT2D eigenvalue weighted by Crippen LogP contribution is 2.50. The van der Waals surface area contributed by atoms with Crippen molar-refractivity contribution in [2.24, 2.45) is 5.92 Å². The molecular formula is C21H15ClO7. The molecule has 2 aliphatic rings. The molecule has 1 saturated carbocycles. The number of methoxy groups -OCH3 is 1. The molecule has 0 saturated heterocycles. The molecule has 29 heavy (non-hydrogen) atoms. The zero-order valence-electron chi connectivity index (χ0n) is 15.2. The van der Waals surface area contributed by atoms with Gasteiger partial charge in [-0.25, -0.2) is 0 Å². The normalized spacial score (nSPS) is 21.9. The van der Waals surface area contributed by atoms with E-state index in [2.05, 4.69) is 0 Å². The largest absolute Gasteiger partial charge is 0.493 e. The highest BCUT2D eigenvalue weighted by molar-refractivity contribution is 6.34. The number of para-hydroxylation sites is 1. The summed E-state index contributed by atoms with van der Waals surface area (Å²) in [5, 5.41) is 9.98. The lowest BCUT2D eigenvalue weighted by atomic mass is 9.78. The van der Waals surface area contributed by atoms with E-state index >= 15 is 0 Å². The number of ether oxygens (including phenoxy) is 3. The molecule has 7 nitrogen and oxygen atoms in total. The van der Waals surface area contributed by atoms with Crippen LogP contribution in [0.4, 0.5) is 0 Å². The first-order valence-electron chi connectivity index (χ1n) is 8.97. The number of hydrogen-bond acceptors (Lipinski definition) is 6. The molecule has 2 heterocycles. The van der Waals surface area contributed by atoms with Gasteiger partial charge >= 0.3 is 5.97 Å². The van der Waals surface area contributed by atoms with Gasteiger partial charge in [0, 0.05) is 18.1 Å². The lowest BCUT2D eigenvalue weighted by molar-refractivity contribution is -0.164. The van der Waals surface area contributed by atoms with Crippen molar-refractivity contribution < 1.29 is 28.5 Å². The quantitative estimate of drug-likeness (QED) is 0.697. The predicted octanol–water partition coefficient (Wildman–Crippen LogP) is 3.73. The Morgan fingerprint density at radius 2 is 2.07 bits per heavy atom. The maximum Gasteiger partial charge on any atom is 0.310 e. The van der Waals surface area contributed by atoms with E-state index in [0.29, 0.717) is 51.0 Å².